The van der Waals surface area contributed by atoms with E-state index in [2.05, 4.69) is 22.9 Å². The number of likely N-dealkylation sites (N-methyl/N-ethyl adjacent to an activating group) is 1. The number of piperazine rings is 1. The zero-order chi connectivity index (χ0) is 14.1. The molecule has 0 aliphatic carbocycles. The molecule has 0 bridgehead atoms. The van der Waals surface area contributed by atoms with E-state index in [0.29, 0.717) is 13.0 Å². The molecule has 0 radical (unpaired) electrons. The fourth-order valence-corrected chi connectivity index (χ4v) is 3.17. The van der Waals surface area contributed by atoms with Crippen LogP contribution in [0.1, 0.15) is 6.42 Å². The van der Waals surface area contributed by atoms with Crippen LogP contribution >= 0.6 is 11.6 Å². The first-order valence-electron chi connectivity index (χ1n) is 7.12. The molecule has 0 spiro atoms. The largest absolute Gasteiger partial charge is 0.367 e. The highest BCUT2D eigenvalue weighted by molar-refractivity contribution is 6.24. The number of para-hydroxylation sites is 2. The van der Waals surface area contributed by atoms with Gasteiger partial charge in [0.15, 0.2) is 0 Å². The molecule has 1 unspecified atom stereocenters. The highest BCUT2D eigenvalue weighted by Gasteiger charge is 2.31. The van der Waals surface area contributed by atoms with Crippen LogP contribution in [0.2, 0.25) is 0 Å². The van der Waals surface area contributed by atoms with Gasteiger partial charge >= 0.3 is 0 Å². The van der Waals surface area contributed by atoms with Crippen LogP contribution in [-0.2, 0) is 4.79 Å². The maximum Gasteiger partial charge on any atom is 0.228 e. The summed E-state index contributed by atoms with van der Waals surface area (Å²) in [7, 11) is 2.14. The Kier molecular flexibility index (Phi) is 3.85. The quantitative estimate of drug-likeness (QED) is 0.778. The number of carbonyl (C=O) groups excluding carboxylic acids is 1. The lowest BCUT2D eigenvalue weighted by molar-refractivity contribution is -0.117. The smallest absolute Gasteiger partial charge is 0.228 e. The van der Waals surface area contributed by atoms with E-state index >= 15 is 0 Å². The first kappa shape index (κ1) is 13.7. The molecule has 2 fully saturated rings. The molecule has 5 heteroatoms. The Labute approximate surface area is 124 Å². The maximum absolute atomic E-state index is 12.1. The highest BCUT2D eigenvalue weighted by atomic mass is 35.5. The average Bonchev–Trinajstić information content (AvgIpc) is 2.78. The van der Waals surface area contributed by atoms with Gasteiger partial charge in [-0.2, -0.15) is 0 Å². The molecule has 1 atom stereocenters. The van der Waals surface area contributed by atoms with Crippen molar-refractivity contribution in [2.45, 2.75) is 11.8 Å². The molecule has 2 aliphatic heterocycles. The van der Waals surface area contributed by atoms with Crippen molar-refractivity contribution in [1.82, 2.24) is 4.90 Å². The van der Waals surface area contributed by atoms with E-state index in [0.717, 1.165) is 37.6 Å². The Morgan fingerprint density at radius 3 is 2.35 bits per heavy atom. The van der Waals surface area contributed by atoms with E-state index in [9.17, 15) is 4.79 Å². The lowest BCUT2D eigenvalue weighted by Gasteiger charge is -2.36. The minimum atomic E-state index is -0.0666. The van der Waals surface area contributed by atoms with Crippen molar-refractivity contribution in [2.24, 2.45) is 0 Å². The summed E-state index contributed by atoms with van der Waals surface area (Å²) in [6.45, 7) is 4.73. The number of hydrogen-bond acceptors (Lipinski definition) is 3. The molecule has 108 valence electrons. The zero-order valence-corrected chi connectivity index (χ0v) is 12.5. The van der Waals surface area contributed by atoms with Crippen LogP contribution < -0.4 is 9.80 Å². The van der Waals surface area contributed by atoms with Crippen molar-refractivity contribution in [3.63, 3.8) is 0 Å². The number of amides is 1. The Morgan fingerprint density at radius 1 is 1.10 bits per heavy atom. The van der Waals surface area contributed by atoms with E-state index in [1.807, 2.05) is 23.1 Å². The van der Waals surface area contributed by atoms with E-state index < -0.39 is 0 Å². The van der Waals surface area contributed by atoms with Crippen molar-refractivity contribution in [3.8, 4) is 0 Å². The predicted molar refractivity (Wildman–Crippen MR) is 82.8 cm³/mol. The van der Waals surface area contributed by atoms with Crippen LogP contribution in [0, 0.1) is 0 Å². The van der Waals surface area contributed by atoms with Crippen LogP contribution in [-0.4, -0.2) is 56.0 Å². The number of anilines is 2. The molecule has 2 saturated heterocycles. The van der Waals surface area contributed by atoms with Gasteiger partial charge in [-0.1, -0.05) is 12.1 Å². The second-order valence-corrected chi connectivity index (χ2v) is 6.20. The monoisotopic (exact) mass is 293 g/mol. The lowest BCUT2D eigenvalue weighted by atomic mass is 10.2. The minimum Gasteiger partial charge on any atom is -0.367 e. The van der Waals surface area contributed by atoms with Gasteiger partial charge in [0.2, 0.25) is 5.91 Å². The van der Waals surface area contributed by atoms with Crippen molar-refractivity contribution in [3.05, 3.63) is 24.3 Å². The van der Waals surface area contributed by atoms with Gasteiger partial charge in [-0.05, 0) is 19.2 Å². The lowest BCUT2D eigenvalue weighted by Crippen LogP contribution is -2.45. The summed E-state index contributed by atoms with van der Waals surface area (Å²) in [6, 6.07) is 8.16. The third-order valence-electron chi connectivity index (χ3n) is 4.09. The number of carbonyl (C=O) groups is 1. The van der Waals surface area contributed by atoms with E-state index in [4.69, 9.17) is 11.6 Å². The molecule has 0 aromatic heterocycles. The van der Waals surface area contributed by atoms with Crippen LogP contribution in [0.25, 0.3) is 0 Å². The summed E-state index contributed by atoms with van der Waals surface area (Å²) < 4.78 is 0. The molecule has 1 aromatic rings. The summed E-state index contributed by atoms with van der Waals surface area (Å²) >= 11 is 6.13. The third kappa shape index (κ3) is 2.63. The second kappa shape index (κ2) is 5.62. The number of rotatable bonds is 2. The molecule has 1 amide bonds. The molecular weight excluding hydrogens is 274 g/mol. The average molecular weight is 294 g/mol. The number of benzene rings is 1. The van der Waals surface area contributed by atoms with Gasteiger partial charge in [0, 0.05) is 39.1 Å². The molecule has 3 rings (SSSR count). The van der Waals surface area contributed by atoms with E-state index in [1.54, 1.807) is 0 Å². The Hall–Kier alpha value is -1.26. The zero-order valence-electron chi connectivity index (χ0n) is 11.8. The molecule has 20 heavy (non-hydrogen) atoms. The van der Waals surface area contributed by atoms with Crippen molar-refractivity contribution in [1.29, 1.82) is 0 Å². The number of hydrogen-bond donors (Lipinski definition) is 0. The van der Waals surface area contributed by atoms with E-state index in [1.165, 1.54) is 0 Å². The fraction of sp³-hybridized carbons (Fsp3) is 0.533. The van der Waals surface area contributed by atoms with Crippen molar-refractivity contribution >= 4 is 28.9 Å². The van der Waals surface area contributed by atoms with Gasteiger partial charge in [-0.15, -0.1) is 11.6 Å². The summed E-state index contributed by atoms with van der Waals surface area (Å²) in [5.41, 5.74) is 2.16. The van der Waals surface area contributed by atoms with Crippen LogP contribution in [0.5, 0.6) is 0 Å². The summed E-state index contributed by atoms with van der Waals surface area (Å²) in [4.78, 5) is 18.6. The molecule has 0 N–H and O–H groups in total. The minimum absolute atomic E-state index is 0.0666. The summed E-state index contributed by atoms with van der Waals surface area (Å²) in [5.74, 6) is 0.131. The normalized spacial score (nSPS) is 24.5. The first-order chi connectivity index (χ1) is 9.65. The van der Waals surface area contributed by atoms with Crippen molar-refractivity contribution < 1.29 is 4.79 Å². The molecule has 4 nitrogen and oxygen atoms in total. The summed E-state index contributed by atoms with van der Waals surface area (Å²) in [6.07, 6.45) is 0.443. The van der Waals surface area contributed by atoms with Gasteiger partial charge in [0.25, 0.3) is 0 Å². The topological polar surface area (TPSA) is 26.8 Å². The fourth-order valence-electron chi connectivity index (χ4n) is 2.90. The SMILES string of the molecule is CN1CCN(c2ccccc2N2CC(Cl)CC2=O)CC1. The molecule has 2 heterocycles. The molecule has 1 aromatic carbocycles. The van der Waals surface area contributed by atoms with Crippen LogP contribution in [0.3, 0.4) is 0 Å². The van der Waals surface area contributed by atoms with Gasteiger partial charge in [-0.25, -0.2) is 0 Å². The predicted octanol–water partition coefficient (Wildman–Crippen LogP) is 1.78. The van der Waals surface area contributed by atoms with Crippen LogP contribution in [0.15, 0.2) is 24.3 Å². The molecule has 0 saturated carbocycles. The highest BCUT2D eigenvalue weighted by Crippen LogP contribution is 2.33. The first-order valence-corrected chi connectivity index (χ1v) is 7.56. The number of halogens is 1. The molecular formula is C15H20ClN3O. The Morgan fingerprint density at radius 2 is 1.75 bits per heavy atom. The van der Waals surface area contributed by atoms with E-state index in [-0.39, 0.29) is 11.3 Å². The number of nitrogens with zero attached hydrogens (tertiary/aromatic N) is 3. The van der Waals surface area contributed by atoms with Gasteiger partial charge in [-0.3, -0.25) is 4.79 Å². The Balaban J connectivity index is 1.87. The summed E-state index contributed by atoms with van der Waals surface area (Å²) in [5, 5.41) is -0.0666. The number of alkyl halides is 1. The van der Waals surface area contributed by atoms with Gasteiger partial charge < -0.3 is 14.7 Å². The Bertz CT molecular complexity index is 500. The molecule has 2 aliphatic rings. The maximum atomic E-state index is 12.1. The van der Waals surface area contributed by atoms with Crippen LogP contribution in [0.4, 0.5) is 11.4 Å². The second-order valence-electron chi connectivity index (χ2n) is 5.58. The van der Waals surface area contributed by atoms with Crippen molar-refractivity contribution in [2.75, 3.05) is 49.6 Å². The standard InChI is InChI=1S/C15H20ClN3O/c1-17-6-8-18(9-7-17)13-4-2-3-5-14(13)19-11-12(16)10-15(19)20/h2-5,12H,6-11H2,1H3. The van der Waals surface area contributed by atoms with Gasteiger partial charge in [0.05, 0.1) is 16.8 Å². The van der Waals surface area contributed by atoms with Gasteiger partial charge in [0.1, 0.15) is 0 Å². The third-order valence-corrected chi connectivity index (χ3v) is 4.39.